The van der Waals surface area contributed by atoms with Gasteiger partial charge in [0.25, 0.3) is 0 Å². The molecule has 0 atom stereocenters. The number of fused-ring (bicyclic) bond motifs is 1. The molecule has 0 saturated carbocycles. The van der Waals surface area contributed by atoms with Gasteiger partial charge in [-0.15, -0.1) is 0 Å². The summed E-state index contributed by atoms with van der Waals surface area (Å²) in [5.41, 5.74) is -0.623. The molecule has 0 aliphatic carbocycles. The number of alkyl halides is 3. The van der Waals surface area contributed by atoms with Crippen molar-refractivity contribution in [1.29, 1.82) is 0 Å². The molecule has 2 nitrogen and oxygen atoms in total. The van der Waals surface area contributed by atoms with Crippen molar-refractivity contribution in [3.63, 3.8) is 0 Å². The average molecular weight is 227 g/mol. The first-order valence-electron chi connectivity index (χ1n) is 4.53. The maximum Gasteiger partial charge on any atom is 0.433 e. The van der Waals surface area contributed by atoms with E-state index in [1.54, 1.807) is 12.1 Å². The van der Waals surface area contributed by atoms with Crippen molar-refractivity contribution in [1.82, 2.24) is 4.98 Å². The van der Waals surface area contributed by atoms with E-state index >= 15 is 0 Å². The number of nitrogens with zero attached hydrogens (tertiary/aromatic N) is 1. The molecule has 0 aliphatic rings. The maximum absolute atomic E-state index is 12.4. The Morgan fingerprint density at radius 3 is 2.50 bits per heavy atom. The number of benzene rings is 1. The molecule has 0 radical (unpaired) electrons. The van der Waals surface area contributed by atoms with Crippen LogP contribution in [0.3, 0.4) is 0 Å². The van der Waals surface area contributed by atoms with Gasteiger partial charge in [0.05, 0.1) is 12.6 Å². The molecule has 84 valence electrons. The lowest BCUT2D eigenvalue weighted by Crippen LogP contribution is -2.07. The minimum Gasteiger partial charge on any atom is -0.496 e. The van der Waals surface area contributed by atoms with Crippen molar-refractivity contribution in [3.8, 4) is 5.75 Å². The number of aromatic nitrogens is 1. The fourth-order valence-electron chi connectivity index (χ4n) is 1.46. The molecule has 0 spiro atoms. The van der Waals surface area contributed by atoms with Crippen LogP contribution in [0.15, 0.2) is 30.3 Å². The average Bonchev–Trinajstić information content (AvgIpc) is 2.26. The fraction of sp³-hybridized carbons (Fsp3) is 0.182. The van der Waals surface area contributed by atoms with Gasteiger partial charge >= 0.3 is 6.18 Å². The molecule has 2 aromatic rings. The highest BCUT2D eigenvalue weighted by molar-refractivity contribution is 5.85. The van der Waals surface area contributed by atoms with Crippen molar-refractivity contribution in [2.45, 2.75) is 6.18 Å². The summed E-state index contributed by atoms with van der Waals surface area (Å²) in [6.45, 7) is 0. The molecule has 1 aromatic heterocycles. The van der Waals surface area contributed by atoms with Crippen LogP contribution in [-0.4, -0.2) is 12.1 Å². The van der Waals surface area contributed by atoms with Gasteiger partial charge in [0.15, 0.2) is 0 Å². The Labute approximate surface area is 89.7 Å². The second kappa shape index (κ2) is 3.66. The van der Waals surface area contributed by atoms with Gasteiger partial charge < -0.3 is 4.74 Å². The van der Waals surface area contributed by atoms with Crippen molar-refractivity contribution < 1.29 is 17.9 Å². The smallest absolute Gasteiger partial charge is 0.433 e. The fourth-order valence-corrected chi connectivity index (χ4v) is 1.46. The highest BCUT2D eigenvalue weighted by Gasteiger charge is 2.32. The number of rotatable bonds is 1. The van der Waals surface area contributed by atoms with Gasteiger partial charge in [-0.05, 0) is 24.3 Å². The summed E-state index contributed by atoms with van der Waals surface area (Å²) in [5.74, 6) is 0.513. The standard InChI is InChI=1S/C11H8F3NO/c1-16-9-4-2-3-8-7(9)5-6-10(15-8)11(12,13)14/h2-6H,1H3. The minimum atomic E-state index is -4.42. The molecule has 0 aliphatic heterocycles. The highest BCUT2D eigenvalue weighted by atomic mass is 19.4. The predicted molar refractivity (Wildman–Crippen MR) is 53.3 cm³/mol. The molecular formula is C11H8F3NO. The first-order chi connectivity index (χ1) is 7.52. The molecule has 5 heteroatoms. The van der Waals surface area contributed by atoms with Crippen LogP contribution in [0.4, 0.5) is 13.2 Å². The number of hydrogen-bond donors (Lipinski definition) is 0. The van der Waals surface area contributed by atoms with Crippen LogP contribution in [0.2, 0.25) is 0 Å². The lowest BCUT2D eigenvalue weighted by atomic mass is 10.2. The van der Waals surface area contributed by atoms with Gasteiger partial charge in [-0.25, -0.2) is 4.98 Å². The van der Waals surface area contributed by atoms with E-state index in [-0.39, 0.29) is 5.52 Å². The van der Waals surface area contributed by atoms with Crippen LogP contribution < -0.4 is 4.74 Å². The van der Waals surface area contributed by atoms with Crippen molar-refractivity contribution in [3.05, 3.63) is 36.0 Å². The van der Waals surface area contributed by atoms with E-state index in [9.17, 15) is 13.2 Å². The van der Waals surface area contributed by atoms with Crippen molar-refractivity contribution in [2.24, 2.45) is 0 Å². The zero-order valence-electron chi connectivity index (χ0n) is 8.38. The van der Waals surface area contributed by atoms with Crippen LogP contribution in [0.1, 0.15) is 5.69 Å². The zero-order valence-corrected chi connectivity index (χ0v) is 8.38. The van der Waals surface area contributed by atoms with Crippen LogP contribution in [0, 0.1) is 0 Å². The normalized spacial score (nSPS) is 11.8. The number of methoxy groups -OCH3 is 1. The zero-order chi connectivity index (χ0) is 11.8. The topological polar surface area (TPSA) is 22.1 Å². The van der Waals surface area contributed by atoms with E-state index in [2.05, 4.69) is 4.98 Å². The lowest BCUT2D eigenvalue weighted by Gasteiger charge is -2.08. The lowest BCUT2D eigenvalue weighted by molar-refractivity contribution is -0.140. The summed E-state index contributed by atoms with van der Waals surface area (Å²) >= 11 is 0. The Balaban J connectivity index is 2.64. The second-order valence-electron chi connectivity index (χ2n) is 3.22. The first-order valence-corrected chi connectivity index (χ1v) is 4.53. The van der Waals surface area contributed by atoms with E-state index in [0.29, 0.717) is 11.1 Å². The molecule has 16 heavy (non-hydrogen) atoms. The summed E-state index contributed by atoms with van der Waals surface area (Å²) in [7, 11) is 1.46. The first kappa shape index (κ1) is 10.7. The number of ether oxygens (including phenoxy) is 1. The molecule has 0 N–H and O–H groups in total. The minimum absolute atomic E-state index is 0.272. The summed E-state index contributed by atoms with van der Waals surface area (Å²) in [5, 5.41) is 0.568. The molecular weight excluding hydrogens is 219 g/mol. The van der Waals surface area contributed by atoms with E-state index in [1.807, 2.05) is 0 Å². The summed E-state index contributed by atoms with van der Waals surface area (Å²) in [4.78, 5) is 3.55. The van der Waals surface area contributed by atoms with E-state index in [0.717, 1.165) is 6.07 Å². The molecule has 0 amide bonds. The Morgan fingerprint density at radius 1 is 1.12 bits per heavy atom. The second-order valence-corrected chi connectivity index (χ2v) is 3.22. The Morgan fingerprint density at radius 2 is 1.88 bits per heavy atom. The molecule has 0 unspecified atom stereocenters. The van der Waals surface area contributed by atoms with E-state index < -0.39 is 11.9 Å². The summed E-state index contributed by atoms with van der Waals surface area (Å²) < 4.78 is 42.2. The summed E-state index contributed by atoms with van der Waals surface area (Å²) in [6, 6.07) is 7.12. The SMILES string of the molecule is COc1cccc2nc(C(F)(F)F)ccc12. The van der Waals surface area contributed by atoms with Gasteiger partial charge in [0.1, 0.15) is 11.4 Å². The van der Waals surface area contributed by atoms with Crippen LogP contribution in [0.5, 0.6) is 5.75 Å². The molecule has 0 saturated heterocycles. The van der Waals surface area contributed by atoms with Gasteiger partial charge in [-0.1, -0.05) is 6.07 Å². The van der Waals surface area contributed by atoms with Gasteiger partial charge in [-0.2, -0.15) is 13.2 Å². The third kappa shape index (κ3) is 1.80. The largest absolute Gasteiger partial charge is 0.496 e. The monoisotopic (exact) mass is 227 g/mol. The van der Waals surface area contributed by atoms with Gasteiger partial charge in [-0.3, -0.25) is 0 Å². The summed E-state index contributed by atoms with van der Waals surface area (Å²) in [6.07, 6.45) is -4.42. The van der Waals surface area contributed by atoms with E-state index in [1.165, 1.54) is 19.2 Å². The molecule has 2 rings (SSSR count). The van der Waals surface area contributed by atoms with Crippen LogP contribution >= 0.6 is 0 Å². The van der Waals surface area contributed by atoms with Gasteiger partial charge in [0, 0.05) is 5.39 Å². The van der Waals surface area contributed by atoms with Crippen molar-refractivity contribution >= 4 is 10.9 Å². The maximum atomic E-state index is 12.4. The quantitative estimate of drug-likeness (QED) is 0.745. The number of pyridine rings is 1. The number of hydrogen-bond acceptors (Lipinski definition) is 2. The molecule has 0 bridgehead atoms. The van der Waals surface area contributed by atoms with Gasteiger partial charge in [0.2, 0.25) is 0 Å². The molecule has 1 heterocycles. The molecule has 1 aromatic carbocycles. The Kier molecular flexibility index (Phi) is 2.46. The Bertz CT molecular complexity index is 522. The van der Waals surface area contributed by atoms with Crippen LogP contribution in [0.25, 0.3) is 10.9 Å². The highest BCUT2D eigenvalue weighted by Crippen LogP contribution is 2.31. The van der Waals surface area contributed by atoms with E-state index in [4.69, 9.17) is 4.74 Å². The Hall–Kier alpha value is -1.78. The third-order valence-corrected chi connectivity index (χ3v) is 2.20. The van der Waals surface area contributed by atoms with Crippen LogP contribution in [-0.2, 0) is 6.18 Å². The predicted octanol–water partition coefficient (Wildman–Crippen LogP) is 3.26. The molecule has 0 fully saturated rings. The van der Waals surface area contributed by atoms with Crippen molar-refractivity contribution in [2.75, 3.05) is 7.11 Å². The third-order valence-electron chi connectivity index (χ3n) is 2.20. The number of halogens is 3.